The summed E-state index contributed by atoms with van der Waals surface area (Å²) in [5, 5.41) is 23.8. The van der Waals surface area contributed by atoms with Gasteiger partial charge in [-0.1, -0.05) is 18.2 Å². The summed E-state index contributed by atoms with van der Waals surface area (Å²) in [4.78, 5) is 26.1. The van der Waals surface area contributed by atoms with Crippen molar-refractivity contribution in [2.45, 2.75) is 57.7 Å². The van der Waals surface area contributed by atoms with Crippen molar-refractivity contribution in [3.8, 4) is 11.5 Å². The van der Waals surface area contributed by atoms with Gasteiger partial charge in [-0.2, -0.15) is 0 Å². The fourth-order valence-electron chi connectivity index (χ4n) is 4.30. The van der Waals surface area contributed by atoms with Gasteiger partial charge in [-0.15, -0.1) is 10.3 Å². The molecule has 0 bridgehead atoms. The molecule has 1 heterocycles. The second-order valence-corrected chi connectivity index (χ2v) is 9.11. The molecule has 0 atom stereocenters. The van der Waals surface area contributed by atoms with Crippen LogP contribution in [-0.2, 0) is 9.94 Å². The van der Waals surface area contributed by atoms with Gasteiger partial charge in [0.1, 0.15) is 17.6 Å². The number of ketones is 1. The predicted octanol–water partition coefficient (Wildman–Crippen LogP) is 4.16. The zero-order valence-corrected chi connectivity index (χ0v) is 18.5. The van der Waals surface area contributed by atoms with Crippen LogP contribution in [0, 0.1) is 0 Å². The molecule has 0 aromatic heterocycles. The van der Waals surface area contributed by atoms with E-state index >= 15 is 0 Å². The van der Waals surface area contributed by atoms with Gasteiger partial charge in [-0.25, -0.2) is 4.79 Å². The lowest BCUT2D eigenvalue weighted by Crippen LogP contribution is -2.60. The number of hydrogen-bond donors (Lipinski definition) is 1. The Morgan fingerprint density at radius 2 is 1.55 bits per heavy atom. The molecule has 7 nitrogen and oxygen atoms in total. The minimum absolute atomic E-state index is 0.0583. The van der Waals surface area contributed by atoms with Crippen LogP contribution in [0.2, 0.25) is 0 Å². The summed E-state index contributed by atoms with van der Waals surface area (Å²) in [6.45, 7) is 7.30. The van der Waals surface area contributed by atoms with Gasteiger partial charge in [0.2, 0.25) is 0 Å². The number of esters is 1. The zero-order chi connectivity index (χ0) is 23.0. The molecule has 1 fully saturated rings. The lowest BCUT2D eigenvalue weighted by atomic mass is 9.80. The lowest BCUT2D eigenvalue weighted by molar-refractivity contribution is -0.298. The molecule has 0 unspecified atom stereocenters. The van der Waals surface area contributed by atoms with Gasteiger partial charge in [0.05, 0.1) is 18.2 Å². The van der Waals surface area contributed by atoms with Crippen LogP contribution in [-0.4, -0.2) is 46.2 Å². The van der Waals surface area contributed by atoms with Gasteiger partial charge in [0.15, 0.2) is 5.78 Å². The second kappa shape index (κ2) is 8.32. The fraction of sp³-hybridized carbons (Fsp3) is 0.417. The molecule has 2 aromatic carbocycles. The summed E-state index contributed by atoms with van der Waals surface area (Å²) in [7, 11) is 1.46. The van der Waals surface area contributed by atoms with Gasteiger partial charge >= 0.3 is 5.97 Å². The van der Waals surface area contributed by atoms with Gasteiger partial charge in [0.25, 0.3) is 0 Å². The highest BCUT2D eigenvalue weighted by molar-refractivity contribution is 6.15. The SMILES string of the molecule is COc1ccc(C(=O)c2ccccc2C(=O)OC2CC(C)(C)N([O])C(C)(C)C2)c(O)c1. The maximum Gasteiger partial charge on any atom is 0.339 e. The number of piperidine rings is 1. The Labute approximate surface area is 182 Å². The van der Waals surface area contributed by atoms with E-state index in [1.165, 1.54) is 31.4 Å². The van der Waals surface area contributed by atoms with Crippen LogP contribution in [0.3, 0.4) is 0 Å². The summed E-state index contributed by atoms with van der Waals surface area (Å²) in [5.41, 5.74) is -1.06. The normalized spacial score (nSPS) is 18.4. The van der Waals surface area contributed by atoms with Gasteiger partial charge in [-0.3, -0.25) is 4.79 Å². The zero-order valence-electron chi connectivity index (χ0n) is 18.5. The van der Waals surface area contributed by atoms with Gasteiger partial charge in [-0.05, 0) is 45.9 Å². The Kier molecular flexibility index (Phi) is 6.11. The topological polar surface area (TPSA) is 96.0 Å². The van der Waals surface area contributed by atoms with E-state index in [9.17, 15) is 19.9 Å². The van der Waals surface area contributed by atoms with E-state index in [1.807, 2.05) is 27.7 Å². The smallest absolute Gasteiger partial charge is 0.339 e. The minimum atomic E-state index is -0.684. The highest BCUT2D eigenvalue weighted by atomic mass is 16.5. The summed E-state index contributed by atoms with van der Waals surface area (Å²) < 4.78 is 10.8. The first-order valence-corrected chi connectivity index (χ1v) is 10.2. The lowest BCUT2D eigenvalue weighted by Gasteiger charge is -2.49. The summed E-state index contributed by atoms with van der Waals surface area (Å²) in [6, 6.07) is 10.7. The summed E-state index contributed by atoms with van der Waals surface area (Å²) >= 11 is 0. The van der Waals surface area contributed by atoms with Crippen molar-refractivity contribution < 1.29 is 29.4 Å². The number of phenolic OH excluding ortho intramolecular Hbond substituents is 1. The molecule has 165 valence electrons. The standard InChI is InChI=1S/C24H28NO6/c1-23(2)13-16(14-24(3,4)25(23)29)31-22(28)18-9-7-6-8-17(18)21(27)19-11-10-15(30-5)12-20(19)26/h6-12,16,26H,13-14H2,1-5H3. The molecule has 0 saturated carbocycles. The van der Waals surface area contributed by atoms with E-state index in [-0.39, 0.29) is 22.4 Å². The molecular weight excluding hydrogens is 398 g/mol. The molecule has 1 aliphatic heterocycles. The quantitative estimate of drug-likeness (QED) is 0.570. The number of nitrogens with zero attached hydrogens (tertiary/aromatic N) is 1. The number of phenols is 1. The van der Waals surface area contributed by atoms with Crippen LogP contribution < -0.4 is 4.74 Å². The van der Waals surface area contributed by atoms with Crippen molar-refractivity contribution in [2.24, 2.45) is 0 Å². The maximum atomic E-state index is 13.1. The minimum Gasteiger partial charge on any atom is -0.507 e. The number of hydroxylamine groups is 2. The number of carbonyl (C=O) groups is 2. The van der Waals surface area contributed by atoms with Crippen molar-refractivity contribution in [1.82, 2.24) is 5.06 Å². The summed E-state index contributed by atoms with van der Waals surface area (Å²) in [6.07, 6.45) is 0.322. The number of carbonyl (C=O) groups excluding carboxylic acids is 2. The molecule has 2 aromatic rings. The number of methoxy groups -OCH3 is 1. The molecule has 0 spiro atoms. The van der Waals surface area contributed by atoms with Crippen LogP contribution in [0.15, 0.2) is 42.5 Å². The monoisotopic (exact) mass is 426 g/mol. The van der Waals surface area contributed by atoms with Crippen molar-refractivity contribution in [2.75, 3.05) is 7.11 Å². The number of aromatic hydroxyl groups is 1. The van der Waals surface area contributed by atoms with E-state index in [1.54, 1.807) is 18.2 Å². The average molecular weight is 426 g/mol. The van der Waals surface area contributed by atoms with Gasteiger partial charge < -0.3 is 14.6 Å². The van der Waals surface area contributed by atoms with E-state index in [4.69, 9.17) is 9.47 Å². The first kappa shape index (κ1) is 22.8. The van der Waals surface area contributed by atoms with Crippen LogP contribution in [0.1, 0.15) is 66.8 Å². The van der Waals surface area contributed by atoms with Crippen molar-refractivity contribution in [1.29, 1.82) is 0 Å². The Balaban J connectivity index is 1.86. The van der Waals surface area contributed by atoms with Crippen molar-refractivity contribution >= 4 is 11.8 Å². The van der Waals surface area contributed by atoms with Crippen molar-refractivity contribution in [3.63, 3.8) is 0 Å². The highest BCUT2D eigenvalue weighted by Crippen LogP contribution is 2.38. The largest absolute Gasteiger partial charge is 0.507 e. The molecular formula is C24H28NO6. The fourth-order valence-corrected chi connectivity index (χ4v) is 4.30. The number of benzene rings is 2. The Morgan fingerprint density at radius 1 is 0.968 bits per heavy atom. The third-order valence-corrected chi connectivity index (χ3v) is 5.67. The highest BCUT2D eigenvalue weighted by Gasteiger charge is 2.47. The first-order chi connectivity index (χ1) is 14.5. The summed E-state index contributed by atoms with van der Waals surface area (Å²) in [5.74, 6) is -0.953. The van der Waals surface area contributed by atoms with E-state index in [0.717, 1.165) is 5.06 Å². The van der Waals surface area contributed by atoms with E-state index in [0.29, 0.717) is 18.6 Å². The molecule has 1 aliphatic rings. The third kappa shape index (κ3) is 4.57. The van der Waals surface area contributed by atoms with E-state index in [2.05, 4.69) is 0 Å². The molecule has 0 amide bonds. The number of rotatable bonds is 5. The average Bonchev–Trinajstić information content (AvgIpc) is 2.71. The van der Waals surface area contributed by atoms with Gasteiger partial charge in [0, 0.05) is 35.5 Å². The van der Waals surface area contributed by atoms with Crippen molar-refractivity contribution in [3.05, 3.63) is 59.2 Å². The second-order valence-electron chi connectivity index (χ2n) is 9.11. The van der Waals surface area contributed by atoms with Crippen LogP contribution in [0.4, 0.5) is 0 Å². The molecule has 7 heteroatoms. The predicted molar refractivity (Wildman–Crippen MR) is 114 cm³/mol. The third-order valence-electron chi connectivity index (χ3n) is 5.67. The van der Waals surface area contributed by atoms with Crippen LogP contribution >= 0.6 is 0 Å². The first-order valence-electron chi connectivity index (χ1n) is 10.2. The molecule has 3 rings (SSSR count). The molecule has 1 saturated heterocycles. The molecule has 31 heavy (non-hydrogen) atoms. The molecule has 0 aliphatic carbocycles. The van der Waals surface area contributed by atoms with E-state index < -0.39 is 28.9 Å². The molecule has 1 N–H and O–H groups in total. The maximum absolute atomic E-state index is 13.1. The molecule has 1 radical (unpaired) electrons. The Morgan fingerprint density at radius 3 is 2.10 bits per heavy atom. The number of ether oxygens (including phenoxy) is 2. The Bertz CT molecular complexity index is 979. The Hall–Kier alpha value is -2.90. The van der Waals surface area contributed by atoms with Crippen LogP contribution in [0.5, 0.6) is 11.5 Å². The van der Waals surface area contributed by atoms with Crippen LogP contribution in [0.25, 0.3) is 0 Å². The number of hydrogen-bond acceptors (Lipinski definition) is 6.